The number of ether oxygens (including phenoxy) is 1. The van der Waals surface area contributed by atoms with Crippen molar-refractivity contribution >= 4 is 23.4 Å². The molecular weight excluding hydrogens is 327 g/mol. The first-order chi connectivity index (χ1) is 10.9. The Balaban J connectivity index is 1.85. The van der Waals surface area contributed by atoms with Crippen LogP contribution in [0, 0.1) is 0 Å². The molecule has 0 saturated heterocycles. The predicted molar refractivity (Wildman–Crippen MR) is 83.2 cm³/mol. The normalized spacial score (nSPS) is 11.4. The molecule has 0 radical (unpaired) electrons. The van der Waals surface area contributed by atoms with Crippen molar-refractivity contribution in [1.29, 1.82) is 0 Å². The minimum absolute atomic E-state index is 0.342. The molecule has 0 atom stereocenters. The fraction of sp³-hybridized carbons (Fsp3) is 0.0625. The summed E-state index contributed by atoms with van der Waals surface area (Å²) in [4.78, 5) is 12.7. The standard InChI is InChI=1S/C16H12F3NO2S/c17-16(18,19)22-13-8-6-12(7-9-13)20-15(21)10-11-23-14-4-2-1-3-5-14/h1-11H,(H,20,21)/b11-10+. The molecule has 0 saturated carbocycles. The average molecular weight is 339 g/mol. The number of rotatable bonds is 5. The van der Waals surface area contributed by atoms with Gasteiger partial charge in [0.05, 0.1) is 0 Å². The summed E-state index contributed by atoms with van der Waals surface area (Å²) in [6, 6.07) is 14.4. The monoisotopic (exact) mass is 339 g/mol. The van der Waals surface area contributed by atoms with Crippen molar-refractivity contribution in [3.63, 3.8) is 0 Å². The Kier molecular flexibility index (Phi) is 5.70. The number of alkyl halides is 3. The highest BCUT2D eigenvalue weighted by Crippen LogP contribution is 2.24. The van der Waals surface area contributed by atoms with Gasteiger partial charge in [0.2, 0.25) is 5.91 Å². The minimum Gasteiger partial charge on any atom is -0.406 e. The van der Waals surface area contributed by atoms with Crippen LogP contribution in [0.25, 0.3) is 0 Å². The van der Waals surface area contributed by atoms with E-state index in [1.54, 1.807) is 5.41 Å². The Bertz CT molecular complexity index is 670. The van der Waals surface area contributed by atoms with Gasteiger partial charge in [-0.05, 0) is 41.8 Å². The first kappa shape index (κ1) is 17.0. The van der Waals surface area contributed by atoms with Gasteiger partial charge in [-0.2, -0.15) is 0 Å². The summed E-state index contributed by atoms with van der Waals surface area (Å²) in [5.74, 6) is -0.719. The summed E-state index contributed by atoms with van der Waals surface area (Å²) in [6.45, 7) is 0. The molecule has 0 bridgehead atoms. The van der Waals surface area contributed by atoms with Crippen molar-refractivity contribution < 1.29 is 22.7 Å². The third-order valence-electron chi connectivity index (χ3n) is 2.52. The first-order valence-electron chi connectivity index (χ1n) is 6.47. The van der Waals surface area contributed by atoms with E-state index in [0.717, 1.165) is 17.0 Å². The number of nitrogens with one attached hydrogen (secondary N) is 1. The summed E-state index contributed by atoms with van der Waals surface area (Å²) < 4.78 is 39.8. The molecule has 3 nitrogen and oxygen atoms in total. The number of amides is 1. The van der Waals surface area contributed by atoms with E-state index >= 15 is 0 Å². The van der Waals surface area contributed by atoms with E-state index in [-0.39, 0.29) is 11.7 Å². The Labute approximate surface area is 135 Å². The van der Waals surface area contributed by atoms with Crippen LogP contribution in [0.4, 0.5) is 18.9 Å². The minimum atomic E-state index is -4.73. The molecule has 2 aromatic rings. The second-order valence-corrected chi connectivity index (χ2v) is 5.27. The molecule has 1 amide bonds. The Morgan fingerprint density at radius 3 is 2.30 bits per heavy atom. The van der Waals surface area contributed by atoms with Crippen molar-refractivity contribution in [1.82, 2.24) is 0 Å². The molecule has 0 aromatic heterocycles. The van der Waals surface area contributed by atoms with Crippen LogP contribution in [-0.2, 0) is 4.79 Å². The van der Waals surface area contributed by atoms with Crippen molar-refractivity contribution in [3.8, 4) is 5.75 Å². The fourth-order valence-corrected chi connectivity index (χ4v) is 2.26. The zero-order chi connectivity index (χ0) is 16.7. The van der Waals surface area contributed by atoms with E-state index < -0.39 is 6.36 Å². The SMILES string of the molecule is O=C(/C=C/Sc1ccccc1)Nc1ccc(OC(F)(F)F)cc1. The van der Waals surface area contributed by atoms with Gasteiger partial charge in [-0.3, -0.25) is 4.79 Å². The molecule has 0 aliphatic heterocycles. The average Bonchev–Trinajstić information content (AvgIpc) is 2.49. The predicted octanol–water partition coefficient (Wildman–Crippen LogP) is 4.83. The molecular formula is C16H12F3NO2S. The summed E-state index contributed by atoms with van der Waals surface area (Å²) in [7, 11) is 0. The second kappa shape index (κ2) is 7.73. The van der Waals surface area contributed by atoms with Gasteiger partial charge in [0.15, 0.2) is 0 Å². The van der Waals surface area contributed by atoms with Crippen molar-refractivity contribution in [2.45, 2.75) is 11.3 Å². The lowest BCUT2D eigenvalue weighted by atomic mass is 10.3. The number of hydrogen-bond donors (Lipinski definition) is 1. The van der Waals surface area contributed by atoms with E-state index in [4.69, 9.17) is 0 Å². The van der Waals surface area contributed by atoms with Gasteiger partial charge in [-0.15, -0.1) is 13.2 Å². The van der Waals surface area contributed by atoms with E-state index in [2.05, 4.69) is 10.1 Å². The van der Waals surface area contributed by atoms with E-state index in [1.165, 1.54) is 30.0 Å². The van der Waals surface area contributed by atoms with Gasteiger partial charge in [-0.25, -0.2) is 0 Å². The topological polar surface area (TPSA) is 38.3 Å². The van der Waals surface area contributed by atoms with Crippen LogP contribution in [0.2, 0.25) is 0 Å². The summed E-state index contributed by atoms with van der Waals surface area (Å²) in [5, 5.41) is 4.17. The lowest BCUT2D eigenvalue weighted by molar-refractivity contribution is -0.274. The number of carbonyl (C=O) groups is 1. The van der Waals surface area contributed by atoms with Crippen LogP contribution < -0.4 is 10.1 Å². The molecule has 0 heterocycles. The lowest BCUT2D eigenvalue weighted by Crippen LogP contribution is -2.17. The number of halogens is 3. The maximum Gasteiger partial charge on any atom is 0.573 e. The highest BCUT2D eigenvalue weighted by molar-refractivity contribution is 8.02. The first-order valence-corrected chi connectivity index (χ1v) is 7.35. The number of hydrogen-bond acceptors (Lipinski definition) is 3. The van der Waals surface area contributed by atoms with Crippen molar-refractivity contribution in [3.05, 3.63) is 66.1 Å². The number of carbonyl (C=O) groups excluding carboxylic acids is 1. The van der Waals surface area contributed by atoms with Gasteiger partial charge in [-0.1, -0.05) is 30.0 Å². The highest BCUT2D eigenvalue weighted by atomic mass is 32.2. The molecule has 2 aromatic carbocycles. The molecule has 0 aliphatic carbocycles. The quantitative estimate of drug-likeness (QED) is 0.626. The summed E-state index contributed by atoms with van der Waals surface area (Å²) >= 11 is 1.38. The third-order valence-corrected chi connectivity index (χ3v) is 3.34. The molecule has 2 rings (SSSR count). The molecule has 23 heavy (non-hydrogen) atoms. The number of thioether (sulfide) groups is 1. The van der Waals surface area contributed by atoms with Gasteiger partial charge < -0.3 is 10.1 Å². The van der Waals surface area contributed by atoms with Crippen molar-refractivity contribution in [2.24, 2.45) is 0 Å². The number of anilines is 1. The van der Waals surface area contributed by atoms with E-state index in [9.17, 15) is 18.0 Å². The largest absolute Gasteiger partial charge is 0.573 e. The maximum absolute atomic E-state index is 12.0. The fourth-order valence-electron chi connectivity index (χ4n) is 1.60. The molecule has 0 spiro atoms. The zero-order valence-corrected chi connectivity index (χ0v) is 12.5. The van der Waals surface area contributed by atoms with Crippen LogP contribution >= 0.6 is 11.8 Å². The Morgan fingerprint density at radius 1 is 1.04 bits per heavy atom. The van der Waals surface area contributed by atoms with Gasteiger partial charge in [0.25, 0.3) is 0 Å². The van der Waals surface area contributed by atoms with Crippen molar-refractivity contribution in [2.75, 3.05) is 5.32 Å². The maximum atomic E-state index is 12.0. The van der Waals surface area contributed by atoms with Gasteiger partial charge in [0, 0.05) is 16.7 Å². The molecule has 120 valence electrons. The van der Waals surface area contributed by atoms with Crippen LogP contribution in [0.5, 0.6) is 5.75 Å². The summed E-state index contributed by atoms with van der Waals surface area (Å²) in [6.07, 6.45) is -3.39. The Hall–Kier alpha value is -2.41. The molecule has 7 heteroatoms. The lowest BCUT2D eigenvalue weighted by Gasteiger charge is -2.09. The van der Waals surface area contributed by atoms with Crippen LogP contribution in [0.15, 0.2) is 71.0 Å². The van der Waals surface area contributed by atoms with Gasteiger partial charge >= 0.3 is 6.36 Å². The van der Waals surface area contributed by atoms with Crippen LogP contribution in [-0.4, -0.2) is 12.3 Å². The molecule has 0 unspecified atom stereocenters. The molecule has 0 fully saturated rings. The van der Waals surface area contributed by atoms with Crippen LogP contribution in [0.1, 0.15) is 0 Å². The molecule has 1 N–H and O–H groups in total. The number of benzene rings is 2. The summed E-state index contributed by atoms with van der Waals surface area (Å²) in [5.41, 5.74) is 0.374. The van der Waals surface area contributed by atoms with Crippen LogP contribution in [0.3, 0.4) is 0 Å². The highest BCUT2D eigenvalue weighted by Gasteiger charge is 2.30. The Morgan fingerprint density at radius 2 is 1.70 bits per heavy atom. The zero-order valence-electron chi connectivity index (χ0n) is 11.7. The van der Waals surface area contributed by atoms with E-state index in [0.29, 0.717) is 5.69 Å². The smallest absolute Gasteiger partial charge is 0.406 e. The van der Waals surface area contributed by atoms with E-state index in [1.807, 2.05) is 30.3 Å². The third kappa shape index (κ3) is 6.48. The molecule has 0 aliphatic rings. The second-order valence-electron chi connectivity index (χ2n) is 4.30. The van der Waals surface area contributed by atoms with Gasteiger partial charge in [0.1, 0.15) is 5.75 Å².